The van der Waals surface area contributed by atoms with E-state index >= 15 is 0 Å². The molecule has 0 saturated carbocycles. The van der Waals surface area contributed by atoms with Gasteiger partial charge >= 0.3 is 5.97 Å². The third kappa shape index (κ3) is 3.32. The quantitative estimate of drug-likeness (QED) is 0.849. The lowest BCUT2D eigenvalue weighted by atomic mass is 10.0. The van der Waals surface area contributed by atoms with Gasteiger partial charge in [0.2, 0.25) is 5.91 Å². The highest BCUT2D eigenvalue weighted by Crippen LogP contribution is 2.14. The number of hydrogen-bond acceptors (Lipinski definition) is 3. The Morgan fingerprint density at radius 2 is 2.05 bits per heavy atom. The number of aromatic carboxylic acids is 1. The molecule has 1 heterocycles. The molecule has 2 N–H and O–H groups in total. The van der Waals surface area contributed by atoms with Gasteiger partial charge in [0.25, 0.3) is 0 Å². The van der Waals surface area contributed by atoms with Crippen molar-refractivity contribution in [3.63, 3.8) is 0 Å². The van der Waals surface area contributed by atoms with Crippen molar-refractivity contribution in [3.05, 3.63) is 35.4 Å². The van der Waals surface area contributed by atoms with E-state index < -0.39 is 12.1 Å². The van der Waals surface area contributed by atoms with Crippen LogP contribution in [0.2, 0.25) is 0 Å². The van der Waals surface area contributed by atoms with Gasteiger partial charge in [-0.3, -0.25) is 4.79 Å². The van der Waals surface area contributed by atoms with Crippen LogP contribution in [-0.4, -0.2) is 46.2 Å². The molecule has 1 amide bonds. The van der Waals surface area contributed by atoms with Crippen LogP contribution in [0, 0.1) is 0 Å². The summed E-state index contributed by atoms with van der Waals surface area (Å²) < 4.78 is 0. The number of carbonyl (C=O) groups excluding carboxylic acids is 1. The van der Waals surface area contributed by atoms with Crippen LogP contribution in [0.15, 0.2) is 24.3 Å². The number of piperidine rings is 1. The Morgan fingerprint density at radius 3 is 2.74 bits per heavy atom. The van der Waals surface area contributed by atoms with E-state index in [9.17, 15) is 14.7 Å². The molecule has 19 heavy (non-hydrogen) atoms. The van der Waals surface area contributed by atoms with Gasteiger partial charge in [0, 0.05) is 13.1 Å². The van der Waals surface area contributed by atoms with Crippen LogP contribution in [0.1, 0.15) is 28.8 Å². The molecule has 5 heteroatoms. The molecule has 1 atom stereocenters. The number of aliphatic hydroxyl groups excluding tert-OH is 1. The minimum atomic E-state index is -1.03. The molecule has 0 aliphatic carbocycles. The number of carboxylic acid groups (broad SMARTS) is 1. The summed E-state index contributed by atoms with van der Waals surface area (Å²) in [6.07, 6.45) is 1.10. The molecule has 1 aromatic carbocycles. The standard InChI is InChI=1S/C14H17NO4/c16-11-5-3-7-15(9-11)13(17)8-10-4-1-2-6-12(10)14(18)19/h1-2,4,6,11,16H,3,5,7-9H2,(H,18,19)/t11-/m0/s1. The number of nitrogens with zero attached hydrogens (tertiary/aromatic N) is 1. The molecule has 0 aromatic heterocycles. The van der Waals surface area contributed by atoms with E-state index in [0.29, 0.717) is 18.7 Å². The van der Waals surface area contributed by atoms with E-state index in [-0.39, 0.29) is 17.9 Å². The Bertz CT molecular complexity index is 486. The minimum absolute atomic E-state index is 0.0647. The van der Waals surface area contributed by atoms with Gasteiger partial charge in [0.1, 0.15) is 0 Å². The van der Waals surface area contributed by atoms with Crippen molar-refractivity contribution < 1.29 is 19.8 Å². The van der Waals surface area contributed by atoms with Crippen LogP contribution in [0.4, 0.5) is 0 Å². The molecule has 2 rings (SSSR count). The van der Waals surface area contributed by atoms with Crippen LogP contribution in [0.5, 0.6) is 0 Å². The van der Waals surface area contributed by atoms with Gasteiger partial charge in [-0.15, -0.1) is 0 Å². The Hall–Kier alpha value is -1.88. The second kappa shape index (κ2) is 5.84. The molecule has 0 spiro atoms. The second-order valence-electron chi connectivity index (χ2n) is 4.77. The lowest BCUT2D eigenvalue weighted by Gasteiger charge is -2.30. The van der Waals surface area contributed by atoms with E-state index in [2.05, 4.69) is 0 Å². The normalized spacial score (nSPS) is 19.2. The fraction of sp³-hybridized carbons (Fsp3) is 0.429. The first-order valence-corrected chi connectivity index (χ1v) is 6.35. The van der Waals surface area contributed by atoms with Crippen molar-refractivity contribution in [2.45, 2.75) is 25.4 Å². The Morgan fingerprint density at radius 1 is 1.32 bits per heavy atom. The van der Waals surface area contributed by atoms with E-state index in [4.69, 9.17) is 5.11 Å². The maximum Gasteiger partial charge on any atom is 0.335 e. The van der Waals surface area contributed by atoms with Crippen LogP contribution >= 0.6 is 0 Å². The summed E-state index contributed by atoms with van der Waals surface area (Å²) in [4.78, 5) is 24.8. The number of carboxylic acids is 1. The van der Waals surface area contributed by atoms with Crippen LogP contribution in [0.25, 0.3) is 0 Å². The van der Waals surface area contributed by atoms with Crippen molar-refractivity contribution in [2.24, 2.45) is 0 Å². The largest absolute Gasteiger partial charge is 0.478 e. The smallest absolute Gasteiger partial charge is 0.335 e. The molecule has 1 aliphatic heterocycles. The minimum Gasteiger partial charge on any atom is -0.478 e. The maximum absolute atomic E-state index is 12.1. The monoisotopic (exact) mass is 263 g/mol. The van der Waals surface area contributed by atoms with E-state index in [0.717, 1.165) is 12.8 Å². The molecular formula is C14H17NO4. The van der Waals surface area contributed by atoms with Crippen LogP contribution in [-0.2, 0) is 11.2 Å². The summed E-state index contributed by atoms with van der Waals surface area (Å²) in [6.45, 7) is 0.971. The fourth-order valence-electron chi connectivity index (χ4n) is 2.34. The average molecular weight is 263 g/mol. The van der Waals surface area contributed by atoms with Gasteiger partial charge in [-0.05, 0) is 24.5 Å². The number of aliphatic hydroxyl groups is 1. The highest BCUT2D eigenvalue weighted by atomic mass is 16.4. The predicted octanol–water partition coefficient (Wildman–Crippen LogP) is 0.911. The zero-order chi connectivity index (χ0) is 13.8. The van der Waals surface area contributed by atoms with Crippen LogP contribution in [0.3, 0.4) is 0 Å². The number of amides is 1. The number of carbonyl (C=O) groups is 2. The number of likely N-dealkylation sites (tertiary alicyclic amines) is 1. The first-order chi connectivity index (χ1) is 9.08. The molecule has 0 bridgehead atoms. The molecule has 1 aromatic rings. The summed E-state index contributed by atoms with van der Waals surface area (Å²) in [7, 11) is 0. The summed E-state index contributed by atoms with van der Waals surface area (Å²) >= 11 is 0. The number of hydrogen-bond donors (Lipinski definition) is 2. The molecule has 0 radical (unpaired) electrons. The first-order valence-electron chi connectivity index (χ1n) is 6.35. The van der Waals surface area contributed by atoms with Crippen molar-refractivity contribution in [1.29, 1.82) is 0 Å². The number of benzene rings is 1. The Balaban J connectivity index is 2.08. The Labute approximate surface area is 111 Å². The molecule has 1 aliphatic rings. The van der Waals surface area contributed by atoms with Crippen molar-refractivity contribution >= 4 is 11.9 Å². The SMILES string of the molecule is O=C(O)c1ccccc1CC(=O)N1CCC[C@H](O)C1. The topological polar surface area (TPSA) is 77.8 Å². The van der Waals surface area contributed by atoms with Gasteiger partial charge in [-0.2, -0.15) is 0 Å². The summed E-state index contributed by atoms with van der Waals surface area (Å²) in [5.41, 5.74) is 0.675. The molecule has 102 valence electrons. The summed E-state index contributed by atoms with van der Waals surface area (Å²) in [6, 6.07) is 6.51. The number of β-amino-alcohol motifs (C(OH)–C–C–N with tert-alkyl or cyclic N) is 1. The first kappa shape index (κ1) is 13.5. The second-order valence-corrected chi connectivity index (χ2v) is 4.77. The van der Waals surface area contributed by atoms with E-state index in [1.54, 1.807) is 23.1 Å². The summed E-state index contributed by atoms with van der Waals surface area (Å²) in [5.74, 6) is -1.16. The van der Waals surface area contributed by atoms with Crippen molar-refractivity contribution in [3.8, 4) is 0 Å². The predicted molar refractivity (Wildman–Crippen MR) is 68.9 cm³/mol. The number of rotatable bonds is 3. The summed E-state index contributed by atoms with van der Waals surface area (Å²) in [5, 5.41) is 18.6. The molecular weight excluding hydrogens is 246 g/mol. The Kier molecular flexibility index (Phi) is 4.16. The van der Waals surface area contributed by atoms with Crippen molar-refractivity contribution in [2.75, 3.05) is 13.1 Å². The molecule has 1 saturated heterocycles. The highest BCUT2D eigenvalue weighted by Gasteiger charge is 2.23. The maximum atomic E-state index is 12.1. The zero-order valence-electron chi connectivity index (χ0n) is 10.6. The van der Waals surface area contributed by atoms with Gasteiger partial charge in [0.05, 0.1) is 18.1 Å². The average Bonchev–Trinajstić information content (AvgIpc) is 2.39. The van der Waals surface area contributed by atoms with E-state index in [1.807, 2.05) is 0 Å². The van der Waals surface area contributed by atoms with Gasteiger partial charge < -0.3 is 15.1 Å². The van der Waals surface area contributed by atoms with Gasteiger partial charge in [-0.25, -0.2) is 4.79 Å². The molecule has 0 unspecified atom stereocenters. The van der Waals surface area contributed by atoms with E-state index in [1.165, 1.54) is 6.07 Å². The highest BCUT2D eigenvalue weighted by molar-refractivity contribution is 5.91. The molecule has 1 fully saturated rings. The van der Waals surface area contributed by atoms with Crippen molar-refractivity contribution in [1.82, 2.24) is 4.90 Å². The van der Waals surface area contributed by atoms with Crippen LogP contribution < -0.4 is 0 Å². The lowest BCUT2D eigenvalue weighted by molar-refractivity contribution is -0.133. The third-order valence-corrected chi connectivity index (χ3v) is 3.34. The van der Waals surface area contributed by atoms with Gasteiger partial charge in [-0.1, -0.05) is 18.2 Å². The third-order valence-electron chi connectivity index (χ3n) is 3.34. The molecule has 5 nitrogen and oxygen atoms in total. The fourth-order valence-corrected chi connectivity index (χ4v) is 2.34. The van der Waals surface area contributed by atoms with Gasteiger partial charge in [0.15, 0.2) is 0 Å². The lowest BCUT2D eigenvalue weighted by Crippen LogP contribution is -2.42. The zero-order valence-corrected chi connectivity index (χ0v) is 10.6.